The Morgan fingerprint density at radius 2 is 1.52 bits per heavy atom. The molecule has 4 rings (SSSR count). The van der Waals surface area contributed by atoms with Crippen LogP contribution in [-0.4, -0.2) is 8.42 Å². The Bertz CT molecular complexity index is 1300. The molecular formula is C22H18FNO2S. The minimum Gasteiger partial charge on any atom is -0.225 e. The minimum atomic E-state index is -3.76. The van der Waals surface area contributed by atoms with Crippen molar-refractivity contribution < 1.29 is 12.8 Å². The monoisotopic (exact) mass is 379 g/mol. The molecule has 0 saturated carbocycles. The Kier molecular flexibility index (Phi) is 4.21. The second-order valence-electron chi connectivity index (χ2n) is 6.81. The summed E-state index contributed by atoms with van der Waals surface area (Å²) in [7, 11) is -3.76. The zero-order chi connectivity index (χ0) is 19.2. The van der Waals surface area contributed by atoms with Gasteiger partial charge in [0.15, 0.2) is 0 Å². The molecule has 5 heteroatoms. The van der Waals surface area contributed by atoms with E-state index < -0.39 is 10.0 Å². The third-order valence-electron chi connectivity index (χ3n) is 4.81. The van der Waals surface area contributed by atoms with Crippen LogP contribution in [0.25, 0.3) is 21.5 Å². The van der Waals surface area contributed by atoms with E-state index in [9.17, 15) is 12.8 Å². The van der Waals surface area contributed by atoms with Crippen LogP contribution in [0.5, 0.6) is 0 Å². The molecule has 2 N–H and O–H groups in total. The lowest BCUT2D eigenvalue weighted by Crippen LogP contribution is -2.13. The van der Waals surface area contributed by atoms with Crippen LogP contribution in [0.4, 0.5) is 4.39 Å². The average molecular weight is 379 g/mol. The van der Waals surface area contributed by atoms with Gasteiger partial charge in [-0.25, -0.2) is 17.9 Å². The van der Waals surface area contributed by atoms with E-state index in [4.69, 9.17) is 5.14 Å². The lowest BCUT2D eigenvalue weighted by atomic mass is 9.98. The molecule has 0 aliphatic heterocycles. The van der Waals surface area contributed by atoms with Crippen LogP contribution < -0.4 is 5.14 Å². The van der Waals surface area contributed by atoms with E-state index in [0.717, 1.165) is 27.1 Å². The number of sulfonamides is 1. The van der Waals surface area contributed by atoms with Crippen LogP contribution in [-0.2, 0) is 16.4 Å². The molecule has 0 saturated heterocycles. The Labute approximate surface area is 157 Å². The summed E-state index contributed by atoms with van der Waals surface area (Å²) in [6.45, 7) is 1.72. The van der Waals surface area contributed by atoms with Gasteiger partial charge >= 0.3 is 0 Å². The zero-order valence-electron chi connectivity index (χ0n) is 14.7. The molecule has 0 radical (unpaired) electrons. The molecule has 4 aromatic rings. The lowest BCUT2D eigenvalue weighted by molar-refractivity contribution is 0.597. The van der Waals surface area contributed by atoms with Crippen LogP contribution in [0.2, 0.25) is 0 Å². The Hall–Kier alpha value is -2.76. The summed E-state index contributed by atoms with van der Waals surface area (Å²) in [5, 5.41) is 8.84. The SMILES string of the molecule is Cc1cc2cc(Cc3cc4ccccc4cc3F)ccc2cc1S(N)(=O)=O. The summed E-state index contributed by atoms with van der Waals surface area (Å²) < 4.78 is 37.9. The summed E-state index contributed by atoms with van der Waals surface area (Å²) in [5.41, 5.74) is 2.18. The number of primary sulfonamides is 1. The van der Waals surface area contributed by atoms with Crippen molar-refractivity contribution in [3.8, 4) is 0 Å². The van der Waals surface area contributed by atoms with Gasteiger partial charge in [-0.2, -0.15) is 0 Å². The first-order valence-corrected chi connectivity index (χ1v) is 10.1. The molecule has 0 aliphatic rings. The second kappa shape index (κ2) is 6.44. The molecule has 0 aromatic heterocycles. The molecular weight excluding hydrogens is 361 g/mol. The smallest absolute Gasteiger partial charge is 0.225 e. The van der Waals surface area contributed by atoms with Gasteiger partial charge in [-0.3, -0.25) is 0 Å². The minimum absolute atomic E-state index is 0.128. The van der Waals surface area contributed by atoms with Crippen LogP contribution in [0.1, 0.15) is 16.7 Å². The number of hydrogen-bond acceptors (Lipinski definition) is 2. The zero-order valence-corrected chi connectivity index (χ0v) is 15.6. The first-order chi connectivity index (χ1) is 12.8. The van der Waals surface area contributed by atoms with E-state index in [1.165, 1.54) is 0 Å². The highest BCUT2D eigenvalue weighted by atomic mass is 32.2. The maximum absolute atomic E-state index is 14.5. The first kappa shape index (κ1) is 17.6. The van der Waals surface area contributed by atoms with Gasteiger partial charge in [0.05, 0.1) is 4.90 Å². The van der Waals surface area contributed by atoms with E-state index in [1.54, 1.807) is 25.1 Å². The fraction of sp³-hybridized carbons (Fsp3) is 0.0909. The van der Waals surface area contributed by atoms with Crippen molar-refractivity contribution in [3.63, 3.8) is 0 Å². The predicted octanol–water partition coefficient (Wildman–Crippen LogP) is 4.68. The summed E-state index contributed by atoms with van der Waals surface area (Å²) in [5.74, 6) is -0.227. The van der Waals surface area contributed by atoms with Crippen molar-refractivity contribution in [2.75, 3.05) is 0 Å². The molecule has 0 atom stereocenters. The molecule has 0 unspecified atom stereocenters. The molecule has 0 heterocycles. The Balaban J connectivity index is 1.76. The van der Waals surface area contributed by atoms with Gasteiger partial charge in [0.1, 0.15) is 5.82 Å². The van der Waals surface area contributed by atoms with Gasteiger partial charge in [0.25, 0.3) is 0 Å². The van der Waals surface area contributed by atoms with E-state index in [1.807, 2.05) is 48.5 Å². The number of rotatable bonds is 3. The predicted molar refractivity (Wildman–Crippen MR) is 107 cm³/mol. The first-order valence-electron chi connectivity index (χ1n) is 8.54. The van der Waals surface area contributed by atoms with Crippen LogP contribution in [0.15, 0.2) is 71.6 Å². The van der Waals surface area contributed by atoms with Gasteiger partial charge in [0, 0.05) is 6.42 Å². The van der Waals surface area contributed by atoms with E-state index in [0.29, 0.717) is 17.5 Å². The van der Waals surface area contributed by atoms with Crippen molar-refractivity contribution in [1.29, 1.82) is 0 Å². The van der Waals surface area contributed by atoms with Crippen molar-refractivity contribution in [2.45, 2.75) is 18.2 Å². The largest absolute Gasteiger partial charge is 0.238 e. The van der Waals surface area contributed by atoms with Crippen molar-refractivity contribution >= 4 is 31.6 Å². The summed E-state index contributed by atoms with van der Waals surface area (Å²) in [6.07, 6.45) is 0.461. The second-order valence-corrected chi connectivity index (χ2v) is 8.34. The highest BCUT2D eigenvalue weighted by molar-refractivity contribution is 7.89. The molecule has 0 amide bonds. The molecule has 0 aliphatic carbocycles. The Morgan fingerprint density at radius 1 is 0.852 bits per heavy atom. The third kappa shape index (κ3) is 3.44. The normalized spacial score (nSPS) is 12.0. The molecule has 0 bridgehead atoms. The Morgan fingerprint density at radius 3 is 2.22 bits per heavy atom. The highest BCUT2D eigenvalue weighted by Crippen LogP contribution is 2.26. The maximum atomic E-state index is 14.5. The molecule has 0 fully saturated rings. The van der Waals surface area contributed by atoms with Crippen LogP contribution in [0.3, 0.4) is 0 Å². The summed E-state index contributed by atoms with van der Waals surface area (Å²) in [4.78, 5) is 0.128. The number of fused-ring (bicyclic) bond motifs is 2. The van der Waals surface area contributed by atoms with Gasteiger partial charge in [-0.15, -0.1) is 0 Å². The van der Waals surface area contributed by atoms with Gasteiger partial charge < -0.3 is 0 Å². The quantitative estimate of drug-likeness (QED) is 0.562. The number of halogens is 1. The van der Waals surface area contributed by atoms with Crippen LogP contribution in [0, 0.1) is 12.7 Å². The molecule has 4 aromatic carbocycles. The fourth-order valence-corrected chi connectivity index (χ4v) is 4.27. The third-order valence-corrected chi connectivity index (χ3v) is 5.87. The number of hydrogen-bond donors (Lipinski definition) is 1. The summed E-state index contributed by atoms with van der Waals surface area (Å²) >= 11 is 0. The van der Waals surface area contributed by atoms with Gasteiger partial charge in [0.2, 0.25) is 10.0 Å². The highest BCUT2D eigenvalue weighted by Gasteiger charge is 2.13. The lowest BCUT2D eigenvalue weighted by Gasteiger charge is -2.10. The molecule has 0 spiro atoms. The van der Waals surface area contributed by atoms with Gasteiger partial charge in [-0.05, 0) is 63.4 Å². The van der Waals surface area contributed by atoms with Crippen molar-refractivity contribution in [2.24, 2.45) is 5.14 Å². The maximum Gasteiger partial charge on any atom is 0.238 e. The average Bonchev–Trinajstić information content (AvgIpc) is 2.60. The molecule has 136 valence electrons. The number of nitrogens with two attached hydrogens (primary N) is 1. The van der Waals surface area contributed by atoms with Crippen LogP contribution >= 0.6 is 0 Å². The fourth-order valence-electron chi connectivity index (χ4n) is 3.47. The van der Waals surface area contributed by atoms with Gasteiger partial charge in [-0.1, -0.05) is 48.5 Å². The number of benzene rings is 4. The topological polar surface area (TPSA) is 60.2 Å². The van der Waals surface area contributed by atoms with E-state index in [2.05, 4.69) is 0 Å². The summed E-state index contributed by atoms with van der Waals surface area (Å²) in [6, 6.07) is 20.2. The number of aryl methyl sites for hydroxylation is 1. The van der Waals surface area contributed by atoms with Crippen molar-refractivity contribution in [1.82, 2.24) is 0 Å². The van der Waals surface area contributed by atoms with E-state index >= 15 is 0 Å². The standard InChI is InChI=1S/C22H18FNO2S/c1-14-8-19-9-15(6-7-18(19)13-22(14)27(24,25)26)10-20-11-16-4-2-3-5-17(16)12-21(20)23/h2-9,11-13H,10H2,1H3,(H2,24,25,26). The molecule has 3 nitrogen and oxygen atoms in total. The molecule has 27 heavy (non-hydrogen) atoms. The van der Waals surface area contributed by atoms with E-state index in [-0.39, 0.29) is 10.7 Å². The van der Waals surface area contributed by atoms with Crippen molar-refractivity contribution in [3.05, 3.63) is 89.2 Å².